The first kappa shape index (κ1) is 7.69. The van der Waals surface area contributed by atoms with E-state index in [1.807, 2.05) is 0 Å². The van der Waals surface area contributed by atoms with Crippen LogP contribution in [0.3, 0.4) is 0 Å². The standard InChI is InChI=1S/C5H12IN/c1-5(4-7)2-3-6/h5H,2-4,7H2,1H3/t5-/m1/s1. The van der Waals surface area contributed by atoms with Crippen LogP contribution in [0.15, 0.2) is 0 Å². The van der Waals surface area contributed by atoms with E-state index in [-0.39, 0.29) is 0 Å². The predicted octanol–water partition coefficient (Wildman–Crippen LogP) is 1.41. The first-order chi connectivity index (χ1) is 3.31. The average molecular weight is 213 g/mol. The minimum Gasteiger partial charge on any atom is -0.330 e. The minimum absolute atomic E-state index is 0.719. The van der Waals surface area contributed by atoms with Crippen molar-refractivity contribution in [3.05, 3.63) is 0 Å². The molecule has 44 valence electrons. The Kier molecular flexibility index (Phi) is 5.32. The lowest BCUT2D eigenvalue weighted by Gasteiger charge is -2.01. The molecule has 0 radical (unpaired) electrons. The highest BCUT2D eigenvalue weighted by Crippen LogP contribution is 2.00. The van der Waals surface area contributed by atoms with Crippen molar-refractivity contribution in [2.45, 2.75) is 13.3 Å². The van der Waals surface area contributed by atoms with E-state index in [0.29, 0.717) is 0 Å². The number of hydrogen-bond donors (Lipinski definition) is 1. The third-order valence-corrected chi connectivity index (χ3v) is 1.63. The van der Waals surface area contributed by atoms with E-state index in [1.165, 1.54) is 10.8 Å². The number of hydrogen-bond acceptors (Lipinski definition) is 1. The molecule has 0 aromatic heterocycles. The van der Waals surface area contributed by atoms with Gasteiger partial charge >= 0.3 is 0 Å². The monoisotopic (exact) mass is 213 g/mol. The first-order valence-electron chi connectivity index (χ1n) is 2.57. The van der Waals surface area contributed by atoms with Crippen molar-refractivity contribution in [1.29, 1.82) is 0 Å². The molecule has 2 N–H and O–H groups in total. The molecule has 0 rings (SSSR count). The molecule has 0 fully saturated rings. The topological polar surface area (TPSA) is 26.0 Å². The fraction of sp³-hybridized carbons (Fsp3) is 1.00. The van der Waals surface area contributed by atoms with Gasteiger partial charge in [-0.3, -0.25) is 0 Å². The van der Waals surface area contributed by atoms with Gasteiger partial charge in [0.1, 0.15) is 0 Å². The molecule has 0 bridgehead atoms. The van der Waals surface area contributed by atoms with Gasteiger partial charge in [-0.05, 0) is 23.3 Å². The van der Waals surface area contributed by atoms with E-state index in [9.17, 15) is 0 Å². The summed E-state index contributed by atoms with van der Waals surface area (Å²) in [4.78, 5) is 0. The van der Waals surface area contributed by atoms with Gasteiger partial charge in [0.15, 0.2) is 0 Å². The molecule has 0 unspecified atom stereocenters. The fourth-order valence-corrected chi connectivity index (χ4v) is 1.37. The van der Waals surface area contributed by atoms with E-state index < -0.39 is 0 Å². The lowest BCUT2D eigenvalue weighted by atomic mass is 10.1. The van der Waals surface area contributed by atoms with Gasteiger partial charge in [0, 0.05) is 0 Å². The summed E-state index contributed by atoms with van der Waals surface area (Å²) in [5.74, 6) is 0.719. The highest BCUT2D eigenvalue weighted by Gasteiger charge is 1.93. The summed E-state index contributed by atoms with van der Waals surface area (Å²) in [6.45, 7) is 3.02. The summed E-state index contributed by atoms with van der Waals surface area (Å²) in [5, 5.41) is 0. The van der Waals surface area contributed by atoms with Crippen LogP contribution in [0, 0.1) is 5.92 Å². The number of rotatable bonds is 3. The Bertz CT molecular complexity index is 39.1. The maximum absolute atomic E-state index is 5.35. The molecule has 0 aromatic rings. The Labute approximate surface area is 58.8 Å². The van der Waals surface area contributed by atoms with Crippen LogP contribution < -0.4 is 5.73 Å². The normalized spacial score (nSPS) is 14.1. The van der Waals surface area contributed by atoms with Gasteiger partial charge in [0.05, 0.1) is 0 Å². The van der Waals surface area contributed by atoms with Crippen LogP contribution in [0.5, 0.6) is 0 Å². The zero-order chi connectivity index (χ0) is 5.70. The average Bonchev–Trinajstić information content (AvgIpc) is 1.68. The number of halogens is 1. The van der Waals surface area contributed by atoms with Crippen molar-refractivity contribution < 1.29 is 0 Å². The van der Waals surface area contributed by atoms with Crippen molar-refractivity contribution in [2.24, 2.45) is 11.7 Å². The minimum atomic E-state index is 0.719. The highest BCUT2D eigenvalue weighted by molar-refractivity contribution is 14.1. The smallest absolute Gasteiger partial charge is 0.000172 e. The van der Waals surface area contributed by atoms with Gasteiger partial charge < -0.3 is 5.73 Å². The Morgan fingerprint density at radius 3 is 2.43 bits per heavy atom. The Balaban J connectivity index is 2.83. The molecule has 0 heterocycles. The van der Waals surface area contributed by atoms with E-state index in [1.54, 1.807) is 0 Å². The largest absolute Gasteiger partial charge is 0.330 e. The molecule has 0 saturated carbocycles. The van der Waals surface area contributed by atoms with Crippen molar-refractivity contribution in [3.8, 4) is 0 Å². The first-order valence-corrected chi connectivity index (χ1v) is 4.09. The maximum atomic E-state index is 5.35. The quantitative estimate of drug-likeness (QED) is 0.556. The van der Waals surface area contributed by atoms with Crippen LogP contribution >= 0.6 is 22.6 Å². The summed E-state index contributed by atoms with van der Waals surface area (Å²) >= 11 is 2.37. The second kappa shape index (κ2) is 4.84. The molecule has 1 nitrogen and oxygen atoms in total. The van der Waals surface area contributed by atoms with Crippen molar-refractivity contribution >= 4 is 22.6 Å². The van der Waals surface area contributed by atoms with Gasteiger partial charge in [-0.25, -0.2) is 0 Å². The van der Waals surface area contributed by atoms with E-state index >= 15 is 0 Å². The third-order valence-electron chi connectivity index (χ3n) is 1.00. The Hall–Kier alpha value is 0.690. The summed E-state index contributed by atoms with van der Waals surface area (Å²) in [7, 11) is 0. The molecule has 2 heteroatoms. The van der Waals surface area contributed by atoms with E-state index in [2.05, 4.69) is 29.5 Å². The number of alkyl halides is 1. The van der Waals surface area contributed by atoms with Crippen molar-refractivity contribution in [1.82, 2.24) is 0 Å². The summed E-state index contributed by atoms with van der Waals surface area (Å²) in [6.07, 6.45) is 1.26. The zero-order valence-corrected chi connectivity index (χ0v) is 6.81. The summed E-state index contributed by atoms with van der Waals surface area (Å²) in [5.41, 5.74) is 5.35. The van der Waals surface area contributed by atoms with Gasteiger partial charge in [-0.2, -0.15) is 0 Å². The maximum Gasteiger partial charge on any atom is -0.000172 e. The predicted molar refractivity (Wildman–Crippen MR) is 41.7 cm³/mol. The molecule has 0 aliphatic heterocycles. The second-order valence-electron chi connectivity index (χ2n) is 1.82. The molecule has 0 aliphatic rings. The molecule has 1 atom stereocenters. The molecular formula is C5H12IN. The molecule has 0 saturated heterocycles. The molecule has 7 heavy (non-hydrogen) atoms. The Morgan fingerprint density at radius 1 is 1.71 bits per heavy atom. The van der Waals surface area contributed by atoms with Crippen molar-refractivity contribution in [3.63, 3.8) is 0 Å². The second-order valence-corrected chi connectivity index (χ2v) is 2.90. The fourth-order valence-electron chi connectivity index (χ4n) is 0.304. The van der Waals surface area contributed by atoms with Gasteiger partial charge in [0.2, 0.25) is 0 Å². The van der Waals surface area contributed by atoms with Gasteiger partial charge in [-0.1, -0.05) is 29.5 Å². The van der Waals surface area contributed by atoms with Crippen LogP contribution in [-0.2, 0) is 0 Å². The van der Waals surface area contributed by atoms with Crippen molar-refractivity contribution in [2.75, 3.05) is 11.0 Å². The van der Waals surface area contributed by atoms with E-state index in [4.69, 9.17) is 5.73 Å². The van der Waals surface area contributed by atoms with Crippen LogP contribution in [0.2, 0.25) is 0 Å². The lowest BCUT2D eigenvalue weighted by molar-refractivity contribution is 0.584. The molecule has 0 spiro atoms. The van der Waals surface area contributed by atoms with E-state index in [0.717, 1.165) is 12.5 Å². The number of nitrogens with two attached hydrogens (primary N) is 1. The van der Waals surface area contributed by atoms with Gasteiger partial charge in [-0.15, -0.1) is 0 Å². The molecule has 0 aliphatic carbocycles. The summed E-state index contributed by atoms with van der Waals surface area (Å²) < 4.78 is 1.23. The zero-order valence-electron chi connectivity index (χ0n) is 4.65. The molecular weight excluding hydrogens is 201 g/mol. The van der Waals surface area contributed by atoms with Crippen LogP contribution in [0.4, 0.5) is 0 Å². The van der Waals surface area contributed by atoms with Crippen LogP contribution in [0.25, 0.3) is 0 Å². The van der Waals surface area contributed by atoms with Crippen LogP contribution in [0.1, 0.15) is 13.3 Å². The highest BCUT2D eigenvalue weighted by atomic mass is 127. The molecule has 0 amide bonds. The third kappa shape index (κ3) is 4.55. The Morgan fingerprint density at radius 2 is 2.29 bits per heavy atom. The van der Waals surface area contributed by atoms with Gasteiger partial charge in [0.25, 0.3) is 0 Å². The SMILES string of the molecule is C[C@@H](CN)CCI. The lowest BCUT2D eigenvalue weighted by Crippen LogP contribution is -2.10. The summed E-state index contributed by atoms with van der Waals surface area (Å²) in [6, 6.07) is 0. The van der Waals surface area contributed by atoms with Crippen LogP contribution in [-0.4, -0.2) is 11.0 Å². The molecule has 0 aromatic carbocycles.